The van der Waals surface area contributed by atoms with Gasteiger partial charge in [-0.1, -0.05) is 35.9 Å². The number of aryl methyl sites for hydroxylation is 2. The smallest absolute Gasteiger partial charge is 0.150 e. The van der Waals surface area contributed by atoms with Crippen LogP contribution in [0.5, 0.6) is 0 Å². The third-order valence-electron chi connectivity index (χ3n) is 5.32. The van der Waals surface area contributed by atoms with E-state index < -0.39 is 0 Å². The van der Waals surface area contributed by atoms with Gasteiger partial charge in [0.25, 0.3) is 0 Å². The molecule has 1 aliphatic heterocycles. The fraction of sp³-hybridized carbons (Fsp3) is 0.348. The first-order valence-electron chi connectivity index (χ1n) is 9.96. The molecule has 28 heavy (non-hydrogen) atoms. The highest BCUT2D eigenvalue weighted by Crippen LogP contribution is 2.27. The van der Waals surface area contributed by atoms with Crippen LogP contribution >= 0.6 is 0 Å². The Balaban J connectivity index is 1.45. The number of benzene rings is 1. The molecule has 144 valence electrons. The van der Waals surface area contributed by atoms with Gasteiger partial charge in [0, 0.05) is 31.4 Å². The standard InChI is InChI=1S/C23H27N5/c1-17-6-3-8-19(12-17)15-28-11-5-9-20(16-28)21-13-24-14-22(26-21)27-23-18(2)7-4-10-25-23/h3-4,6-8,10,12-14,20H,5,9,11,15-16H2,1-2H3,(H,25,26,27)/t20-/m1/s1. The molecule has 0 amide bonds. The molecule has 1 aromatic carbocycles. The van der Waals surface area contributed by atoms with Gasteiger partial charge in [0.2, 0.25) is 0 Å². The van der Waals surface area contributed by atoms with Crippen LogP contribution in [0.3, 0.4) is 0 Å². The van der Waals surface area contributed by atoms with Crippen LogP contribution in [-0.2, 0) is 6.54 Å². The maximum Gasteiger partial charge on any atom is 0.150 e. The van der Waals surface area contributed by atoms with E-state index in [1.807, 2.05) is 25.3 Å². The van der Waals surface area contributed by atoms with Crippen LogP contribution in [0, 0.1) is 13.8 Å². The third kappa shape index (κ3) is 4.54. The van der Waals surface area contributed by atoms with Gasteiger partial charge in [0.05, 0.1) is 11.9 Å². The van der Waals surface area contributed by atoms with Crippen LogP contribution in [-0.4, -0.2) is 32.9 Å². The highest BCUT2D eigenvalue weighted by molar-refractivity contribution is 5.54. The molecule has 4 rings (SSSR count). The molecule has 0 unspecified atom stereocenters. The van der Waals surface area contributed by atoms with Gasteiger partial charge < -0.3 is 5.32 Å². The van der Waals surface area contributed by atoms with Gasteiger partial charge in [-0.15, -0.1) is 0 Å². The zero-order valence-electron chi connectivity index (χ0n) is 16.6. The van der Waals surface area contributed by atoms with Crippen LogP contribution in [0.4, 0.5) is 11.6 Å². The number of pyridine rings is 1. The monoisotopic (exact) mass is 373 g/mol. The van der Waals surface area contributed by atoms with Crippen molar-refractivity contribution in [1.29, 1.82) is 0 Å². The second kappa shape index (κ2) is 8.48. The van der Waals surface area contributed by atoms with E-state index in [1.54, 1.807) is 12.4 Å². The van der Waals surface area contributed by atoms with Crippen molar-refractivity contribution in [2.75, 3.05) is 18.4 Å². The predicted molar refractivity (Wildman–Crippen MR) is 113 cm³/mol. The first-order chi connectivity index (χ1) is 13.7. The lowest BCUT2D eigenvalue weighted by Gasteiger charge is -2.32. The van der Waals surface area contributed by atoms with Crippen molar-refractivity contribution >= 4 is 11.6 Å². The van der Waals surface area contributed by atoms with Gasteiger partial charge in [0.1, 0.15) is 11.6 Å². The van der Waals surface area contributed by atoms with Crippen molar-refractivity contribution < 1.29 is 0 Å². The summed E-state index contributed by atoms with van der Waals surface area (Å²) in [6.45, 7) is 7.35. The summed E-state index contributed by atoms with van der Waals surface area (Å²) in [5.41, 5.74) is 4.86. The Morgan fingerprint density at radius 3 is 2.93 bits per heavy atom. The van der Waals surface area contributed by atoms with Crippen LogP contribution in [0.15, 0.2) is 55.0 Å². The largest absolute Gasteiger partial charge is 0.323 e. The summed E-state index contributed by atoms with van der Waals surface area (Å²) in [4.78, 5) is 16.2. The van der Waals surface area contributed by atoms with Crippen molar-refractivity contribution in [3.05, 3.63) is 77.4 Å². The van der Waals surface area contributed by atoms with Crippen LogP contribution < -0.4 is 5.32 Å². The second-order valence-corrected chi connectivity index (χ2v) is 7.69. The molecule has 1 N–H and O–H groups in total. The summed E-state index contributed by atoms with van der Waals surface area (Å²) in [6.07, 6.45) is 7.82. The Hall–Kier alpha value is -2.79. The molecule has 2 aromatic heterocycles. The maximum atomic E-state index is 4.85. The fourth-order valence-corrected chi connectivity index (χ4v) is 3.89. The molecule has 0 spiro atoms. The zero-order chi connectivity index (χ0) is 19.3. The number of hydrogen-bond acceptors (Lipinski definition) is 5. The highest BCUT2D eigenvalue weighted by Gasteiger charge is 2.23. The maximum absolute atomic E-state index is 4.85. The van der Waals surface area contributed by atoms with Gasteiger partial charge in [-0.3, -0.25) is 9.88 Å². The number of rotatable bonds is 5. The molecular formula is C23H27N5. The average Bonchev–Trinajstić information content (AvgIpc) is 2.70. The lowest BCUT2D eigenvalue weighted by Crippen LogP contribution is -2.34. The van der Waals surface area contributed by atoms with Crippen molar-refractivity contribution in [3.8, 4) is 0 Å². The molecule has 1 saturated heterocycles. The van der Waals surface area contributed by atoms with E-state index in [-0.39, 0.29) is 0 Å². The predicted octanol–water partition coefficient (Wildman–Crippen LogP) is 4.61. The van der Waals surface area contributed by atoms with Crippen molar-refractivity contribution in [2.45, 2.75) is 39.2 Å². The lowest BCUT2D eigenvalue weighted by molar-refractivity contribution is 0.198. The lowest BCUT2D eigenvalue weighted by atomic mass is 9.94. The molecule has 0 saturated carbocycles. The van der Waals surface area contributed by atoms with E-state index in [4.69, 9.17) is 4.98 Å². The number of hydrogen-bond donors (Lipinski definition) is 1. The second-order valence-electron chi connectivity index (χ2n) is 7.69. The summed E-state index contributed by atoms with van der Waals surface area (Å²) in [7, 11) is 0. The van der Waals surface area contributed by atoms with Gasteiger partial charge in [-0.2, -0.15) is 0 Å². The summed E-state index contributed by atoms with van der Waals surface area (Å²) in [6, 6.07) is 12.8. The fourth-order valence-electron chi connectivity index (χ4n) is 3.89. The molecule has 0 radical (unpaired) electrons. The quantitative estimate of drug-likeness (QED) is 0.708. The number of nitrogens with zero attached hydrogens (tertiary/aromatic N) is 4. The molecule has 3 heterocycles. The summed E-state index contributed by atoms with van der Waals surface area (Å²) in [5.74, 6) is 2.01. The van der Waals surface area contributed by atoms with Crippen LogP contribution in [0.2, 0.25) is 0 Å². The molecule has 1 fully saturated rings. The Morgan fingerprint density at radius 2 is 2.07 bits per heavy atom. The first kappa shape index (κ1) is 18.6. The minimum absolute atomic E-state index is 0.414. The summed E-state index contributed by atoms with van der Waals surface area (Å²) in [5, 5.41) is 3.31. The molecule has 5 nitrogen and oxygen atoms in total. The van der Waals surface area contributed by atoms with Gasteiger partial charge in [-0.25, -0.2) is 9.97 Å². The van der Waals surface area contributed by atoms with Gasteiger partial charge >= 0.3 is 0 Å². The van der Waals surface area contributed by atoms with Crippen molar-refractivity contribution in [1.82, 2.24) is 19.9 Å². The van der Waals surface area contributed by atoms with E-state index >= 15 is 0 Å². The molecule has 1 atom stereocenters. The number of likely N-dealkylation sites (tertiary alicyclic amines) is 1. The molecule has 5 heteroatoms. The van der Waals surface area contributed by atoms with Gasteiger partial charge in [-0.05, 0) is 50.4 Å². The van der Waals surface area contributed by atoms with Gasteiger partial charge in [0.15, 0.2) is 0 Å². The Morgan fingerprint density at radius 1 is 1.14 bits per heavy atom. The molecule has 1 aliphatic rings. The number of piperidine rings is 1. The highest BCUT2D eigenvalue weighted by atomic mass is 15.1. The molecule has 3 aromatic rings. The Labute approximate surface area is 166 Å². The number of nitrogens with one attached hydrogen (secondary N) is 1. The van der Waals surface area contributed by atoms with E-state index in [2.05, 4.69) is 51.4 Å². The topological polar surface area (TPSA) is 53.9 Å². The Bertz CT molecular complexity index is 940. The third-order valence-corrected chi connectivity index (χ3v) is 5.32. The average molecular weight is 374 g/mol. The first-order valence-corrected chi connectivity index (χ1v) is 9.96. The van der Waals surface area contributed by atoms with E-state index in [1.165, 1.54) is 17.5 Å². The minimum Gasteiger partial charge on any atom is -0.323 e. The van der Waals surface area contributed by atoms with Crippen LogP contribution in [0.25, 0.3) is 0 Å². The molecule has 0 aliphatic carbocycles. The van der Waals surface area contributed by atoms with E-state index in [0.717, 1.165) is 48.9 Å². The minimum atomic E-state index is 0.414. The Kier molecular flexibility index (Phi) is 5.63. The number of aromatic nitrogens is 3. The SMILES string of the molecule is Cc1cccc(CN2CCC[C@@H](c3cncc(Nc4ncccc4C)n3)C2)c1. The summed E-state index contributed by atoms with van der Waals surface area (Å²) >= 11 is 0. The van der Waals surface area contributed by atoms with Crippen LogP contribution in [0.1, 0.15) is 41.1 Å². The van der Waals surface area contributed by atoms with Crippen molar-refractivity contribution in [2.24, 2.45) is 0 Å². The molecule has 0 bridgehead atoms. The van der Waals surface area contributed by atoms with E-state index in [9.17, 15) is 0 Å². The van der Waals surface area contributed by atoms with Crippen molar-refractivity contribution in [3.63, 3.8) is 0 Å². The normalized spacial score (nSPS) is 17.4. The van der Waals surface area contributed by atoms with E-state index in [0.29, 0.717) is 5.92 Å². The summed E-state index contributed by atoms with van der Waals surface area (Å²) < 4.78 is 0. The molecular weight excluding hydrogens is 346 g/mol. The zero-order valence-corrected chi connectivity index (χ0v) is 16.6. The number of anilines is 2.